The minimum absolute atomic E-state index is 0.0127. The standard InChI is InChI=1S/C20H32O5S/c21-26(22,18-19-12-6-5-7-13-19)25-17-10-4-2-1-3-9-15-23-20-14-8-11-16-24-20/h5-7,12-13,20H,1-4,8-11,14-18H2. The molecule has 1 heterocycles. The second-order valence-electron chi connectivity index (χ2n) is 6.80. The Kier molecular flexibility index (Phi) is 10.2. The lowest BCUT2D eigenvalue weighted by molar-refractivity contribution is -0.162. The molecule has 5 nitrogen and oxygen atoms in total. The third kappa shape index (κ3) is 9.67. The van der Waals surface area contributed by atoms with Crippen molar-refractivity contribution in [1.29, 1.82) is 0 Å². The molecule has 1 unspecified atom stereocenters. The summed E-state index contributed by atoms with van der Waals surface area (Å²) in [5.74, 6) is -0.0570. The van der Waals surface area contributed by atoms with Crippen LogP contribution in [0.3, 0.4) is 0 Å². The van der Waals surface area contributed by atoms with Crippen LogP contribution >= 0.6 is 0 Å². The Morgan fingerprint density at radius 2 is 1.62 bits per heavy atom. The number of hydrogen-bond acceptors (Lipinski definition) is 5. The highest BCUT2D eigenvalue weighted by atomic mass is 32.2. The molecule has 0 amide bonds. The largest absolute Gasteiger partial charge is 0.353 e. The van der Waals surface area contributed by atoms with Crippen LogP contribution in [0.5, 0.6) is 0 Å². The van der Waals surface area contributed by atoms with E-state index in [2.05, 4.69) is 0 Å². The van der Waals surface area contributed by atoms with E-state index < -0.39 is 10.1 Å². The van der Waals surface area contributed by atoms with Crippen LogP contribution in [0.1, 0.15) is 63.4 Å². The third-order valence-corrected chi connectivity index (χ3v) is 5.64. The van der Waals surface area contributed by atoms with Gasteiger partial charge in [-0.15, -0.1) is 0 Å². The Hall–Kier alpha value is -0.950. The lowest BCUT2D eigenvalue weighted by atomic mass is 10.1. The molecule has 1 aliphatic heterocycles. The van der Waals surface area contributed by atoms with Crippen LogP contribution in [0.15, 0.2) is 30.3 Å². The van der Waals surface area contributed by atoms with E-state index in [4.69, 9.17) is 13.7 Å². The zero-order chi connectivity index (χ0) is 18.5. The fraction of sp³-hybridized carbons (Fsp3) is 0.700. The van der Waals surface area contributed by atoms with Gasteiger partial charge < -0.3 is 9.47 Å². The molecule has 148 valence electrons. The van der Waals surface area contributed by atoms with Gasteiger partial charge in [0, 0.05) is 13.2 Å². The van der Waals surface area contributed by atoms with Crippen LogP contribution < -0.4 is 0 Å². The minimum atomic E-state index is -3.48. The maximum Gasteiger partial charge on any atom is 0.271 e. The smallest absolute Gasteiger partial charge is 0.271 e. The summed E-state index contributed by atoms with van der Waals surface area (Å²) < 4.78 is 40.1. The number of unbranched alkanes of at least 4 members (excludes halogenated alkanes) is 5. The fourth-order valence-corrected chi connectivity index (χ4v) is 4.03. The number of benzene rings is 1. The summed E-state index contributed by atoms with van der Waals surface area (Å²) in [6.45, 7) is 1.87. The van der Waals surface area contributed by atoms with E-state index in [9.17, 15) is 8.42 Å². The van der Waals surface area contributed by atoms with E-state index in [-0.39, 0.29) is 18.6 Å². The van der Waals surface area contributed by atoms with E-state index in [0.717, 1.165) is 70.1 Å². The average molecular weight is 385 g/mol. The van der Waals surface area contributed by atoms with Crippen LogP contribution in [-0.2, 0) is 29.5 Å². The monoisotopic (exact) mass is 384 g/mol. The quantitative estimate of drug-likeness (QED) is 0.372. The summed E-state index contributed by atoms with van der Waals surface area (Å²) >= 11 is 0. The van der Waals surface area contributed by atoms with Gasteiger partial charge in [-0.3, -0.25) is 4.18 Å². The molecule has 0 N–H and O–H groups in total. The van der Waals surface area contributed by atoms with Crippen molar-refractivity contribution in [3.63, 3.8) is 0 Å². The summed E-state index contributed by atoms with van der Waals surface area (Å²) in [6.07, 6.45) is 9.60. The first kappa shape index (κ1) is 21.4. The van der Waals surface area contributed by atoms with Crippen molar-refractivity contribution in [2.45, 2.75) is 69.8 Å². The molecule has 0 aliphatic carbocycles. The average Bonchev–Trinajstić information content (AvgIpc) is 2.64. The normalized spacial score (nSPS) is 18.1. The minimum Gasteiger partial charge on any atom is -0.353 e. The lowest BCUT2D eigenvalue weighted by Crippen LogP contribution is -2.22. The molecule has 1 aromatic carbocycles. The van der Waals surface area contributed by atoms with Crippen LogP contribution in [0, 0.1) is 0 Å². The first-order valence-electron chi connectivity index (χ1n) is 9.80. The van der Waals surface area contributed by atoms with Crippen LogP contribution in [-0.4, -0.2) is 34.5 Å². The highest BCUT2D eigenvalue weighted by Gasteiger charge is 2.13. The van der Waals surface area contributed by atoms with Crippen molar-refractivity contribution in [2.75, 3.05) is 19.8 Å². The summed E-state index contributed by atoms with van der Waals surface area (Å²) in [5.41, 5.74) is 0.758. The zero-order valence-electron chi connectivity index (χ0n) is 15.6. The number of hydrogen-bond donors (Lipinski definition) is 0. The maximum absolute atomic E-state index is 11.9. The summed E-state index contributed by atoms with van der Waals surface area (Å²) in [4.78, 5) is 0. The molecule has 1 aromatic rings. The second-order valence-corrected chi connectivity index (χ2v) is 8.44. The van der Waals surface area contributed by atoms with Crippen LogP contribution in [0.25, 0.3) is 0 Å². The molecule has 2 rings (SSSR count). The molecule has 0 bridgehead atoms. The fourth-order valence-electron chi connectivity index (χ4n) is 2.97. The van der Waals surface area contributed by atoms with Gasteiger partial charge in [-0.05, 0) is 37.7 Å². The summed E-state index contributed by atoms with van der Waals surface area (Å²) in [5, 5.41) is 0. The van der Waals surface area contributed by atoms with Gasteiger partial charge in [0.2, 0.25) is 0 Å². The highest BCUT2D eigenvalue weighted by molar-refractivity contribution is 7.85. The van der Waals surface area contributed by atoms with Crippen molar-refractivity contribution < 1.29 is 22.1 Å². The molecule has 0 spiro atoms. The van der Waals surface area contributed by atoms with E-state index in [0.29, 0.717) is 0 Å². The van der Waals surface area contributed by atoms with Crippen molar-refractivity contribution in [2.24, 2.45) is 0 Å². The third-order valence-electron chi connectivity index (χ3n) is 4.43. The van der Waals surface area contributed by atoms with Gasteiger partial charge in [0.05, 0.1) is 6.61 Å². The Bertz CT molecular complexity index is 567. The van der Waals surface area contributed by atoms with Crippen molar-refractivity contribution >= 4 is 10.1 Å². The molecular weight excluding hydrogens is 352 g/mol. The maximum atomic E-state index is 11.9. The molecule has 1 fully saturated rings. The van der Waals surface area contributed by atoms with Gasteiger partial charge in [0.1, 0.15) is 5.75 Å². The Morgan fingerprint density at radius 1 is 0.923 bits per heavy atom. The first-order valence-corrected chi connectivity index (χ1v) is 11.4. The number of rotatable bonds is 13. The van der Waals surface area contributed by atoms with E-state index in [1.165, 1.54) is 6.42 Å². The van der Waals surface area contributed by atoms with E-state index in [1.54, 1.807) is 12.1 Å². The number of ether oxygens (including phenoxy) is 2. The van der Waals surface area contributed by atoms with Gasteiger partial charge in [-0.1, -0.05) is 56.0 Å². The Morgan fingerprint density at radius 3 is 2.31 bits per heavy atom. The molecule has 0 saturated carbocycles. The molecule has 26 heavy (non-hydrogen) atoms. The van der Waals surface area contributed by atoms with Crippen LogP contribution in [0.4, 0.5) is 0 Å². The van der Waals surface area contributed by atoms with Crippen molar-refractivity contribution in [3.8, 4) is 0 Å². The zero-order valence-corrected chi connectivity index (χ0v) is 16.4. The molecule has 1 aliphatic rings. The molecular formula is C20H32O5S. The van der Waals surface area contributed by atoms with Crippen LogP contribution in [0.2, 0.25) is 0 Å². The summed E-state index contributed by atoms with van der Waals surface area (Å²) in [6, 6.07) is 9.12. The van der Waals surface area contributed by atoms with Gasteiger partial charge in [0.25, 0.3) is 10.1 Å². The molecule has 6 heteroatoms. The molecule has 1 atom stereocenters. The Balaban J connectivity index is 1.40. The van der Waals surface area contributed by atoms with Crippen molar-refractivity contribution in [1.82, 2.24) is 0 Å². The van der Waals surface area contributed by atoms with E-state index >= 15 is 0 Å². The van der Waals surface area contributed by atoms with Gasteiger partial charge >= 0.3 is 0 Å². The topological polar surface area (TPSA) is 61.8 Å². The Labute approximate surface area is 158 Å². The van der Waals surface area contributed by atoms with Gasteiger partial charge in [-0.2, -0.15) is 8.42 Å². The van der Waals surface area contributed by atoms with Gasteiger partial charge in [0.15, 0.2) is 6.29 Å². The highest BCUT2D eigenvalue weighted by Crippen LogP contribution is 2.15. The molecule has 0 aromatic heterocycles. The molecule has 0 radical (unpaired) electrons. The SMILES string of the molecule is O=S(=O)(Cc1ccccc1)OCCCCCCCCOC1CCCCO1. The molecule has 1 saturated heterocycles. The lowest BCUT2D eigenvalue weighted by Gasteiger charge is -2.22. The first-order chi connectivity index (χ1) is 12.7. The van der Waals surface area contributed by atoms with E-state index in [1.807, 2.05) is 18.2 Å². The van der Waals surface area contributed by atoms with Gasteiger partial charge in [-0.25, -0.2) is 0 Å². The summed E-state index contributed by atoms with van der Waals surface area (Å²) in [7, 11) is -3.48. The van der Waals surface area contributed by atoms with Crippen molar-refractivity contribution in [3.05, 3.63) is 35.9 Å². The predicted molar refractivity (Wildman–Crippen MR) is 102 cm³/mol. The predicted octanol–water partition coefficient (Wildman–Crippen LogP) is 4.42. The second kappa shape index (κ2) is 12.4.